The van der Waals surface area contributed by atoms with Gasteiger partial charge in [0.1, 0.15) is 5.60 Å². The maximum Gasteiger partial charge on any atom is 0.410 e. The monoisotopic (exact) mass is 299 g/mol. The number of amides is 1. The second-order valence-corrected chi connectivity index (χ2v) is 6.99. The van der Waals surface area contributed by atoms with Gasteiger partial charge >= 0.3 is 6.09 Å². The number of aliphatic hydroxyl groups excluding tert-OH is 1. The van der Waals surface area contributed by atoms with E-state index < -0.39 is 17.2 Å². The van der Waals surface area contributed by atoms with Gasteiger partial charge in [0.15, 0.2) is 0 Å². The van der Waals surface area contributed by atoms with E-state index in [0.717, 1.165) is 4.88 Å². The summed E-state index contributed by atoms with van der Waals surface area (Å²) in [6.45, 7) is 6.11. The second-order valence-electron chi connectivity index (χ2n) is 6.16. The Morgan fingerprint density at radius 3 is 2.90 bits per heavy atom. The first-order valence-corrected chi connectivity index (χ1v) is 7.32. The predicted octanol–water partition coefficient (Wildman–Crippen LogP) is 1.16. The first-order valence-electron chi connectivity index (χ1n) is 6.55. The Hall–Kier alpha value is -1.18. The van der Waals surface area contributed by atoms with Crippen LogP contribution in [0, 0.1) is 5.92 Å². The minimum absolute atomic E-state index is 0.0757. The first-order chi connectivity index (χ1) is 9.26. The van der Waals surface area contributed by atoms with Crippen LogP contribution in [0.2, 0.25) is 0 Å². The van der Waals surface area contributed by atoms with Crippen molar-refractivity contribution in [3.63, 3.8) is 0 Å². The standard InChI is InChI=1S/C13H21N3O3S/c1-12(2,3)19-11(18)16-6-9(7-17)13(14,8-16)10-4-5-15-20-10/h4-5,9,17H,6-8,14H2,1-3H3/t9-,13+/m0/s1. The number of ether oxygens (including phenoxy) is 1. The quantitative estimate of drug-likeness (QED) is 0.855. The molecule has 1 aliphatic rings. The molecule has 2 heterocycles. The van der Waals surface area contributed by atoms with Crippen LogP contribution in [-0.2, 0) is 10.3 Å². The highest BCUT2D eigenvalue weighted by molar-refractivity contribution is 7.05. The van der Waals surface area contributed by atoms with Crippen molar-refractivity contribution in [3.05, 3.63) is 17.1 Å². The Morgan fingerprint density at radius 1 is 1.70 bits per heavy atom. The van der Waals surface area contributed by atoms with Gasteiger partial charge in [-0.05, 0) is 38.4 Å². The molecule has 2 atom stereocenters. The van der Waals surface area contributed by atoms with E-state index in [9.17, 15) is 9.90 Å². The van der Waals surface area contributed by atoms with E-state index in [0.29, 0.717) is 13.1 Å². The second kappa shape index (κ2) is 5.31. The third-order valence-corrected chi connectivity index (χ3v) is 4.33. The molecule has 3 N–H and O–H groups in total. The minimum atomic E-state index is -0.757. The first kappa shape index (κ1) is 15.2. The van der Waals surface area contributed by atoms with Crippen molar-refractivity contribution in [2.45, 2.75) is 31.9 Å². The molecule has 1 aliphatic heterocycles. The molecule has 7 heteroatoms. The lowest BCUT2D eigenvalue weighted by molar-refractivity contribution is 0.0279. The largest absolute Gasteiger partial charge is 0.444 e. The van der Waals surface area contributed by atoms with Gasteiger partial charge < -0.3 is 20.5 Å². The van der Waals surface area contributed by atoms with Gasteiger partial charge in [0, 0.05) is 36.7 Å². The predicted molar refractivity (Wildman–Crippen MR) is 76.4 cm³/mol. The summed E-state index contributed by atoms with van der Waals surface area (Å²) in [5.41, 5.74) is 5.13. The molecule has 2 rings (SSSR count). The van der Waals surface area contributed by atoms with Crippen molar-refractivity contribution in [1.29, 1.82) is 0 Å². The van der Waals surface area contributed by atoms with E-state index in [4.69, 9.17) is 10.5 Å². The van der Waals surface area contributed by atoms with Gasteiger partial charge in [-0.25, -0.2) is 9.17 Å². The van der Waals surface area contributed by atoms with Gasteiger partial charge in [0.2, 0.25) is 0 Å². The summed E-state index contributed by atoms with van der Waals surface area (Å²) in [5.74, 6) is -0.213. The van der Waals surface area contributed by atoms with Crippen LogP contribution in [0.15, 0.2) is 12.3 Å². The maximum atomic E-state index is 12.1. The van der Waals surface area contributed by atoms with Crippen molar-refractivity contribution in [1.82, 2.24) is 9.27 Å². The summed E-state index contributed by atoms with van der Waals surface area (Å²) in [6, 6.07) is 1.84. The van der Waals surface area contributed by atoms with Crippen LogP contribution >= 0.6 is 11.5 Å². The van der Waals surface area contributed by atoms with Crippen LogP contribution in [-0.4, -0.2) is 45.8 Å². The Kier molecular flexibility index (Phi) is 4.04. The molecule has 20 heavy (non-hydrogen) atoms. The molecule has 0 aliphatic carbocycles. The van der Waals surface area contributed by atoms with E-state index in [1.54, 1.807) is 11.1 Å². The zero-order chi connectivity index (χ0) is 15.0. The average Bonchev–Trinajstić information content (AvgIpc) is 2.94. The molecule has 6 nitrogen and oxygen atoms in total. The Morgan fingerprint density at radius 2 is 2.40 bits per heavy atom. The van der Waals surface area contributed by atoms with Crippen LogP contribution in [0.4, 0.5) is 4.79 Å². The third-order valence-electron chi connectivity index (χ3n) is 3.39. The van der Waals surface area contributed by atoms with E-state index >= 15 is 0 Å². The molecule has 1 fully saturated rings. The molecule has 112 valence electrons. The van der Waals surface area contributed by atoms with E-state index in [1.165, 1.54) is 11.5 Å². The molecule has 1 saturated heterocycles. The van der Waals surface area contributed by atoms with Crippen molar-refractivity contribution in [2.24, 2.45) is 11.7 Å². The lowest BCUT2D eigenvalue weighted by Gasteiger charge is -2.28. The average molecular weight is 299 g/mol. The fourth-order valence-corrected chi connectivity index (χ4v) is 3.12. The van der Waals surface area contributed by atoms with Crippen molar-refractivity contribution < 1.29 is 14.6 Å². The minimum Gasteiger partial charge on any atom is -0.444 e. The maximum absolute atomic E-state index is 12.1. The van der Waals surface area contributed by atoms with Gasteiger partial charge in [-0.1, -0.05) is 0 Å². The third kappa shape index (κ3) is 2.94. The molecule has 1 amide bonds. The summed E-state index contributed by atoms with van der Waals surface area (Å²) in [6.07, 6.45) is 1.28. The lowest BCUT2D eigenvalue weighted by atomic mass is 9.87. The number of carbonyl (C=O) groups excluding carboxylic acids is 1. The Balaban J connectivity index is 2.16. The highest BCUT2D eigenvalue weighted by Gasteiger charge is 2.48. The molecule has 0 unspecified atom stereocenters. The molecule has 1 aromatic rings. The van der Waals surface area contributed by atoms with Crippen molar-refractivity contribution in [2.75, 3.05) is 19.7 Å². The summed E-state index contributed by atoms with van der Waals surface area (Å²) in [5, 5.41) is 9.56. The van der Waals surface area contributed by atoms with Crippen LogP contribution in [0.1, 0.15) is 25.6 Å². The van der Waals surface area contributed by atoms with Crippen LogP contribution in [0.25, 0.3) is 0 Å². The van der Waals surface area contributed by atoms with Crippen LogP contribution in [0.3, 0.4) is 0 Å². The zero-order valence-electron chi connectivity index (χ0n) is 12.0. The normalized spacial score (nSPS) is 26.9. The molecular weight excluding hydrogens is 278 g/mol. The SMILES string of the molecule is CC(C)(C)OC(=O)N1C[C@@H](CO)[C@@](N)(c2ccns2)C1. The van der Waals surface area contributed by atoms with Gasteiger partial charge in [-0.15, -0.1) is 0 Å². The molecule has 0 aromatic carbocycles. The number of nitrogens with two attached hydrogens (primary N) is 1. The summed E-state index contributed by atoms with van der Waals surface area (Å²) < 4.78 is 9.42. The highest BCUT2D eigenvalue weighted by Crippen LogP contribution is 2.36. The number of hydrogen-bond acceptors (Lipinski definition) is 6. The van der Waals surface area contributed by atoms with Gasteiger partial charge in [-0.2, -0.15) is 0 Å². The fourth-order valence-electron chi connectivity index (χ4n) is 2.36. The van der Waals surface area contributed by atoms with E-state index in [1.807, 2.05) is 26.8 Å². The van der Waals surface area contributed by atoms with Crippen LogP contribution < -0.4 is 5.73 Å². The fraction of sp³-hybridized carbons (Fsp3) is 0.692. The molecule has 1 aromatic heterocycles. The molecule has 0 saturated carbocycles. The van der Waals surface area contributed by atoms with E-state index in [-0.39, 0.29) is 12.5 Å². The summed E-state index contributed by atoms with van der Waals surface area (Å²) >= 11 is 1.30. The lowest BCUT2D eigenvalue weighted by Crippen LogP contribution is -2.46. The number of aromatic nitrogens is 1. The summed E-state index contributed by atoms with van der Waals surface area (Å²) in [4.78, 5) is 14.6. The van der Waals surface area contributed by atoms with Crippen molar-refractivity contribution >= 4 is 17.6 Å². The zero-order valence-corrected chi connectivity index (χ0v) is 12.8. The topological polar surface area (TPSA) is 88.7 Å². The molecule has 0 bridgehead atoms. The van der Waals surface area contributed by atoms with Crippen LogP contribution in [0.5, 0.6) is 0 Å². The number of carbonyl (C=O) groups is 1. The molecule has 0 spiro atoms. The number of rotatable bonds is 2. The number of nitrogens with zero attached hydrogens (tertiary/aromatic N) is 2. The van der Waals surface area contributed by atoms with Gasteiger partial charge in [0.25, 0.3) is 0 Å². The van der Waals surface area contributed by atoms with Crippen molar-refractivity contribution in [3.8, 4) is 0 Å². The molecular formula is C13H21N3O3S. The highest BCUT2D eigenvalue weighted by atomic mass is 32.1. The smallest absolute Gasteiger partial charge is 0.410 e. The molecule has 0 radical (unpaired) electrons. The Labute approximate surface area is 122 Å². The number of likely N-dealkylation sites (tertiary alicyclic amines) is 1. The number of hydrogen-bond donors (Lipinski definition) is 2. The van der Waals surface area contributed by atoms with Gasteiger partial charge in [0.05, 0.1) is 5.54 Å². The van der Waals surface area contributed by atoms with Gasteiger partial charge in [-0.3, -0.25) is 0 Å². The number of aliphatic hydroxyl groups is 1. The summed E-state index contributed by atoms with van der Waals surface area (Å²) in [7, 11) is 0. The Bertz CT molecular complexity index is 472. The van der Waals surface area contributed by atoms with E-state index in [2.05, 4.69) is 4.37 Å².